The Bertz CT molecular complexity index is 434. The SMILES string of the molecule is CCCc1nc(C2CCCC(C)C2)c(N)n1CC(C)C. The van der Waals surface area contributed by atoms with Gasteiger partial charge in [0.1, 0.15) is 11.6 Å². The van der Waals surface area contributed by atoms with E-state index in [1.165, 1.54) is 37.2 Å². The van der Waals surface area contributed by atoms with Gasteiger partial charge in [0.05, 0.1) is 5.69 Å². The van der Waals surface area contributed by atoms with Crippen LogP contribution in [-0.2, 0) is 13.0 Å². The van der Waals surface area contributed by atoms with E-state index in [0.29, 0.717) is 11.8 Å². The Morgan fingerprint density at radius 2 is 2.10 bits per heavy atom. The first-order chi connectivity index (χ1) is 9.52. The molecule has 20 heavy (non-hydrogen) atoms. The third-order valence-electron chi connectivity index (χ3n) is 4.46. The predicted molar refractivity (Wildman–Crippen MR) is 85.8 cm³/mol. The molecule has 2 rings (SSSR count). The minimum absolute atomic E-state index is 0.586. The van der Waals surface area contributed by atoms with E-state index in [1.54, 1.807) is 0 Å². The lowest BCUT2D eigenvalue weighted by Crippen LogP contribution is -2.15. The Morgan fingerprint density at radius 3 is 2.70 bits per heavy atom. The van der Waals surface area contributed by atoms with Gasteiger partial charge in [0.2, 0.25) is 0 Å². The molecule has 2 atom stereocenters. The lowest BCUT2D eigenvalue weighted by molar-refractivity contribution is 0.341. The van der Waals surface area contributed by atoms with E-state index in [-0.39, 0.29) is 0 Å². The van der Waals surface area contributed by atoms with Crippen molar-refractivity contribution >= 4 is 5.82 Å². The molecular weight excluding hydrogens is 246 g/mol. The zero-order valence-corrected chi connectivity index (χ0v) is 13.7. The molecule has 3 heteroatoms. The van der Waals surface area contributed by atoms with Crippen LogP contribution in [0.5, 0.6) is 0 Å². The van der Waals surface area contributed by atoms with Gasteiger partial charge in [-0.2, -0.15) is 0 Å². The Labute approximate surface area is 124 Å². The normalized spacial score (nSPS) is 23.4. The lowest BCUT2D eigenvalue weighted by atomic mass is 9.81. The lowest BCUT2D eigenvalue weighted by Gasteiger charge is -2.25. The van der Waals surface area contributed by atoms with Crippen LogP contribution in [0.3, 0.4) is 0 Å². The van der Waals surface area contributed by atoms with Crippen molar-refractivity contribution in [2.24, 2.45) is 11.8 Å². The highest BCUT2D eigenvalue weighted by molar-refractivity contribution is 5.41. The van der Waals surface area contributed by atoms with Crippen molar-refractivity contribution < 1.29 is 0 Å². The van der Waals surface area contributed by atoms with Gasteiger partial charge in [0, 0.05) is 18.9 Å². The van der Waals surface area contributed by atoms with Gasteiger partial charge in [0.15, 0.2) is 0 Å². The number of hydrogen-bond acceptors (Lipinski definition) is 2. The molecule has 1 fully saturated rings. The second-order valence-corrected chi connectivity index (χ2v) is 7.02. The number of aryl methyl sites for hydroxylation is 1. The van der Waals surface area contributed by atoms with Gasteiger partial charge in [-0.25, -0.2) is 4.98 Å². The molecule has 0 amide bonds. The van der Waals surface area contributed by atoms with Crippen LogP contribution >= 0.6 is 0 Å². The summed E-state index contributed by atoms with van der Waals surface area (Å²) in [6.07, 6.45) is 7.39. The molecule has 1 heterocycles. The third kappa shape index (κ3) is 3.36. The number of nitrogens with two attached hydrogens (primary N) is 1. The van der Waals surface area contributed by atoms with Crippen LogP contribution in [-0.4, -0.2) is 9.55 Å². The summed E-state index contributed by atoms with van der Waals surface area (Å²) < 4.78 is 2.28. The van der Waals surface area contributed by atoms with Crippen LogP contribution in [0, 0.1) is 11.8 Å². The Hall–Kier alpha value is -0.990. The Kier molecular flexibility index (Phi) is 5.11. The predicted octanol–water partition coefficient (Wildman–Crippen LogP) is 4.37. The largest absolute Gasteiger partial charge is 0.384 e. The highest BCUT2D eigenvalue weighted by Gasteiger charge is 2.26. The summed E-state index contributed by atoms with van der Waals surface area (Å²) in [7, 11) is 0. The minimum Gasteiger partial charge on any atom is -0.384 e. The number of anilines is 1. The molecule has 0 bridgehead atoms. The van der Waals surface area contributed by atoms with E-state index >= 15 is 0 Å². The molecule has 0 aliphatic heterocycles. The molecule has 0 saturated heterocycles. The van der Waals surface area contributed by atoms with Gasteiger partial charge in [-0.15, -0.1) is 0 Å². The molecule has 0 spiro atoms. The summed E-state index contributed by atoms with van der Waals surface area (Å²) in [6, 6.07) is 0. The maximum atomic E-state index is 6.46. The average molecular weight is 277 g/mol. The molecular formula is C17H31N3. The third-order valence-corrected chi connectivity index (χ3v) is 4.46. The van der Waals surface area contributed by atoms with Gasteiger partial charge in [-0.05, 0) is 31.1 Å². The highest BCUT2D eigenvalue weighted by Crippen LogP contribution is 2.38. The summed E-state index contributed by atoms with van der Waals surface area (Å²) >= 11 is 0. The standard InChI is InChI=1S/C17H31N3/c1-5-7-15-19-16(14-9-6-8-13(4)10-14)17(18)20(15)11-12(2)3/h12-14H,5-11,18H2,1-4H3. The molecule has 1 aliphatic carbocycles. The summed E-state index contributed by atoms with van der Waals surface area (Å²) in [4.78, 5) is 4.95. The summed E-state index contributed by atoms with van der Waals surface area (Å²) in [5.41, 5.74) is 7.65. The average Bonchev–Trinajstić information content (AvgIpc) is 2.68. The first-order valence-corrected chi connectivity index (χ1v) is 8.37. The van der Waals surface area contributed by atoms with Crippen molar-refractivity contribution in [3.8, 4) is 0 Å². The molecule has 1 aromatic rings. The maximum absolute atomic E-state index is 6.46. The molecule has 0 aromatic carbocycles. The molecule has 1 saturated carbocycles. The maximum Gasteiger partial charge on any atom is 0.127 e. The molecule has 0 radical (unpaired) electrons. The fourth-order valence-electron chi connectivity index (χ4n) is 3.50. The zero-order chi connectivity index (χ0) is 14.7. The Morgan fingerprint density at radius 1 is 1.35 bits per heavy atom. The van der Waals surface area contributed by atoms with Crippen LogP contribution in [0.4, 0.5) is 5.82 Å². The number of hydrogen-bond donors (Lipinski definition) is 1. The van der Waals surface area contributed by atoms with E-state index < -0.39 is 0 Å². The minimum atomic E-state index is 0.586. The van der Waals surface area contributed by atoms with Crippen LogP contribution in [0.1, 0.15) is 77.2 Å². The topological polar surface area (TPSA) is 43.8 Å². The van der Waals surface area contributed by atoms with E-state index in [2.05, 4.69) is 32.3 Å². The number of aromatic nitrogens is 2. The summed E-state index contributed by atoms with van der Waals surface area (Å²) in [6.45, 7) is 10.1. The smallest absolute Gasteiger partial charge is 0.127 e. The molecule has 2 unspecified atom stereocenters. The molecule has 114 valence electrons. The summed E-state index contributed by atoms with van der Waals surface area (Å²) in [5.74, 6) is 4.16. The zero-order valence-electron chi connectivity index (χ0n) is 13.7. The molecule has 2 N–H and O–H groups in total. The quantitative estimate of drug-likeness (QED) is 0.868. The number of nitrogen functional groups attached to an aromatic ring is 1. The van der Waals surface area contributed by atoms with E-state index in [1.807, 2.05) is 0 Å². The van der Waals surface area contributed by atoms with Crippen LogP contribution in [0.15, 0.2) is 0 Å². The first-order valence-electron chi connectivity index (χ1n) is 8.37. The van der Waals surface area contributed by atoms with Gasteiger partial charge < -0.3 is 10.3 Å². The van der Waals surface area contributed by atoms with Crippen LogP contribution in [0.2, 0.25) is 0 Å². The van der Waals surface area contributed by atoms with Crippen molar-refractivity contribution in [2.75, 3.05) is 5.73 Å². The fourth-order valence-corrected chi connectivity index (χ4v) is 3.50. The molecule has 1 aliphatic rings. The van der Waals surface area contributed by atoms with Crippen molar-refractivity contribution in [2.45, 2.75) is 78.7 Å². The van der Waals surface area contributed by atoms with Crippen LogP contribution < -0.4 is 5.73 Å². The van der Waals surface area contributed by atoms with Gasteiger partial charge in [-0.1, -0.05) is 40.5 Å². The van der Waals surface area contributed by atoms with Gasteiger partial charge >= 0.3 is 0 Å². The van der Waals surface area contributed by atoms with Crippen molar-refractivity contribution in [1.29, 1.82) is 0 Å². The molecule has 3 nitrogen and oxygen atoms in total. The van der Waals surface area contributed by atoms with E-state index in [9.17, 15) is 0 Å². The van der Waals surface area contributed by atoms with Crippen molar-refractivity contribution in [3.63, 3.8) is 0 Å². The van der Waals surface area contributed by atoms with Crippen LogP contribution in [0.25, 0.3) is 0 Å². The van der Waals surface area contributed by atoms with Crippen molar-refractivity contribution in [3.05, 3.63) is 11.5 Å². The monoisotopic (exact) mass is 277 g/mol. The van der Waals surface area contributed by atoms with Crippen molar-refractivity contribution in [1.82, 2.24) is 9.55 Å². The number of imidazole rings is 1. The van der Waals surface area contributed by atoms with E-state index in [4.69, 9.17) is 10.7 Å². The Balaban J connectivity index is 2.28. The number of nitrogens with zero attached hydrogens (tertiary/aromatic N) is 2. The van der Waals surface area contributed by atoms with Gasteiger partial charge in [-0.3, -0.25) is 0 Å². The summed E-state index contributed by atoms with van der Waals surface area (Å²) in [5, 5.41) is 0. The number of rotatable bonds is 5. The van der Waals surface area contributed by atoms with Gasteiger partial charge in [0.25, 0.3) is 0 Å². The highest BCUT2D eigenvalue weighted by atomic mass is 15.1. The second-order valence-electron chi connectivity index (χ2n) is 7.02. The fraction of sp³-hybridized carbons (Fsp3) is 0.824. The first kappa shape index (κ1) is 15.4. The second kappa shape index (κ2) is 6.64. The molecule has 1 aromatic heterocycles. The van der Waals surface area contributed by atoms with E-state index in [0.717, 1.165) is 31.1 Å².